The zero-order valence-electron chi connectivity index (χ0n) is 13.0. The molecule has 2 N–H and O–H groups in total. The van der Waals surface area contributed by atoms with Crippen molar-refractivity contribution in [1.82, 2.24) is 4.31 Å². The summed E-state index contributed by atoms with van der Waals surface area (Å²) in [5.41, 5.74) is 6.34. The first-order valence-corrected chi connectivity index (χ1v) is 8.25. The number of sulfonamides is 1. The fraction of sp³-hybridized carbons (Fsp3) is 0.571. The van der Waals surface area contributed by atoms with Crippen LogP contribution in [0.25, 0.3) is 0 Å². The number of benzene rings is 1. The van der Waals surface area contributed by atoms with Crippen LogP contribution in [0.2, 0.25) is 0 Å². The molecule has 0 aliphatic heterocycles. The first-order valence-electron chi connectivity index (χ1n) is 6.81. The predicted octanol–water partition coefficient (Wildman–Crippen LogP) is 1.20. The van der Waals surface area contributed by atoms with Crippen LogP contribution in [0.4, 0.5) is 0 Å². The molecule has 0 saturated heterocycles. The Morgan fingerprint density at radius 1 is 1.38 bits per heavy atom. The minimum Gasteiger partial charge on any atom is -0.494 e. The molecule has 1 atom stereocenters. The molecule has 0 aliphatic carbocycles. The van der Waals surface area contributed by atoms with Gasteiger partial charge in [0.15, 0.2) is 0 Å². The summed E-state index contributed by atoms with van der Waals surface area (Å²) in [6, 6.07) is 4.49. The summed E-state index contributed by atoms with van der Waals surface area (Å²) >= 11 is 0. The van der Waals surface area contributed by atoms with Gasteiger partial charge in [0.1, 0.15) is 5.75 Å². The fourth-order valence-electron chi connectivity index (χ4n) is 1.92. The molecule has 1 aromatic rings. The second kappa shape index (κ2) is 7.74. The van der Waals surface area contributed by atoms with Crippen molar-refractivity contribution in [2.75, 3.05) is 27.4 Å². The van der Waals surface area contributed by atoms with E-state index in [4.69, 9.17) is 15.2 Å². The molecule has 0 aromatic heterocycles. The summed E-state index contributed by atoms with van der Waals surface area (Å²) in [5, 5.41) is 0. The lowest BCUT2D eigenvalue weighted by Gasteiger charge is -2.24. The number of methoxy groups -OCH3 is 1. The topological polar surface area (TPSA) is 81.9 Å². The molecule has 0 spiro atoms. The molecule has 0 bridgehead atoms. The van der Waals surface area contributed by atoms with Crippen LogP contribution < -0.4 is 10.5 Å². The number of ether oxygens (including phenoxy) is 2. The zero-order chi connectivity index (χ0) is 16.0. The van der Waals surface area contributed by atoms with Crippen molar-refractivity contribution in [2.24, 2.45) is 5.73 Å². The van der Waals surface area contributed by atoms with Crippen molar-refractivity contribution in [1.29, 1.82) is 0 Å². The van der Waals surface area contributed by atoms with Gasteiger partial charge >= 0.3 is 0 Å². The molecule has 7 heteroatoms. The summed E-state index contributed by atoms with van der Waals surface area (Å²) in [4.78, 5) is 0.205. The van der Waals surface area contributed by atoms with E-state index in [9.17, 15) is 8.42 Å². The van der Waals surface area contributed by atoms with Crippen molar-refractivity contribution >= 4 is 10.0 Å². The molecule has 0 heterocycles. The maximum absolute atomic E-state index is 12.6. The molecule has 120 valence electrons. The van der Waals surface area contributed by atoms with Gasteiger partial charge in [-0.3, -0.25) is 0 Å². The van der Waals surface area contributed by atoms with Crippen LogP contribution in [0, 0.1) is 0 Å². The number of likely N-dealkylation sites (N-methyl/N-ethyl adjacent to an activating group) is 1. The average Bonchev–Trinajstić information content (AvgIpc) is 2.47. The smallest absolute Gasteiger partial charge is 0.243 e. The maximum Gasteiger partial charge on any atom is 0.243 e. The first kappa shape index (κ1) is 17.9. The predicted molar refractivity (Wildman–Crippen MR) is 81.8 cm³/mol. The molecule has 0 amide bonds. The van der Waals surface area contributed by atoms with Gasteiger partial charge in [-0.2, -0.15) is 4.31 Å². The van der Waals surface area contributed by atoms with Crippen LogP contribution in [-0.2, 0) is 21.3 Å². The van der Waals surface area contributed by atoms with Crippen LogP contribution in [-0.4, -0.2) is 46.1 Å². The van der Waals surface area contributed by atoms with Gasteiger partial charge in [-0.05, 0) is 32.0 Å². The van der Waals surface area contributed by atoms with Gasteiger partial charge in [-0.25, -0.2) is 8.42 Å². The molecule has 1 unspecified atom stereocenters. The normalized spacial score (nSPS) is 13.4. The molecule has 0 fully saturated rings. The Kier molecular flexibility index (Phi) is 6.60. The Morgan fingerprint density at radius 3 is 2.57 bits per heavy atom. The Labute approximate surface area is 126 Å². The van der Waals surface area contributed by atoms with E-state index in [1.165, 1.54) is 17.4 Å². The lowest BCUT2D eigenvalue weighted by molar-refractivity contribution is 0.149. The van der Waals surface area contributed by atoms with E-state index in [0.29, 0.717) is 24.5 Å². The van der Waals surface area contributed by atoms with Gasteiger partial charge in [-0.15, -0.1) is 0 Å². The van der Waals surface area contributed by atoms with Crippen LogP contribution in [0.5, 0.6) is 5.75 Å². The SMILES string of the molecule is CCOc1ccc(S(=O)(=O)N(C)C(C)COC)cc1CN. The second-order valence-corrected chi connectivity index (χ2v) is 6.73. The summed E-state index contributed by atoms with van der Waals surface area (Å²) in [5.74, 6) is 0.617. The first-order chi connectivity index (χ1) is 9.88. The molecule has 0 aliphatic rings. The number of hydrogen-bond acceptors (Lipinski definition) is 5. The van der Waals surface area contributed by atoms with E-state index in [-0.39, 0.29) is 17.5 Å². The largest absolute Gasteiger partial charge is 0.494 e. The lowest BCUT2D eigenvalue weighted by atomic mass is 10.2. The number of hydrogen-bond donors (Lipinski definition) is 1. The molecular weight excluding hydrogens is 292 g/mol. The Bertz CT molecular complexity index is 560. The molecule has 21 heavy (non-hydrogen) atoms. The minimum absolute atomic E-state index is 0.205. The van der Waals surface area contributed by atoms with Gasteiger partial charge in [0.05, 0.1) is 18.1 Å². The lowest BCUT2D eigenvalue weighted by Crippen LogP contribution is -2.37. The molecule has 1 rings (SSSR count). The molecule has 6 nitrogen and oxygen atoms in total. The third kappa shape index (κ3) is 4.16. The zero-order valence-corrected chi connectivity index (χ0v) is 13.8. The number of nitrogens with two attached hydrogens (primary N) is 1. The van der Waals surface area contributed by atoms with Crippen molar-refractivity contribution in [3.8, 4) is 5.75 Å². The van der Waals surface area contributed by atoms with Crippen molar-refractivity contribution in [3.05, 3.63) is 23.8 Å². The summed E-state index contributed by atoms with van der Waals surface area (Å²) in [6.45, 7) is 4.71. The standard InChI is InChI=1S/C14H24N2O4S/c1-5-20-14-7-6-13(8-12(14)9-15)21(17,18)16(3)11(2)10-19-4/h6-8,11H,5,9-10,15H2,1-4H3. The highest BCUT2D eigenvalue weighted by molar-refractivity contribution is 7.89. The van der Waals surface area contributed by atoms with Gasteiger partial charge in [-0.1, -0.05) is 0 Å². The maximum atomic E-state index is 12.6. The highest BCUT2D eigenvalue weighted by Gasteiger charge is 2.26. The monoisotopic (exact) mass is 316 g/mol. The number of rotatable bonds is 8. The summed E-state index contributed by atoms with van der Waals surface area (Å²) in [7, 11) is -0.501. The molecular formula is C14H24N2O4S. The fourth-order valence-corrected chi connectivity index (χ4v) is 3.32. The third-order valence-electron chi connectivity index (χ3n) is 3.26. The Morgan fingerprint density at radius 2 is 2.05 bits per heavy atom. The van der Waals surface area contributed by atoms with E-state index < -0.39 is 10.0 Å². The Hall–Kier alpha value is -1.15. The van der Waals surface area contributed by atoms with Crippen LogP contribution >= 0.6 is 0 Å². The summed E-state index contributed by atoms with van der Waals surface area (Å²) in [6.07, 6.45) is 0. The minimum atomic E-state index is -3.58. The van der Waals surface area contributed by atoms with Crippen LogP contribution in [0.3, 0.4) is 0 Å². The highest BCUT2D eigenvalue weighted by atomic mass is 32.2. The van der Waals surface area contributed by atoms with Crippen molar-refractivity contribution < 1.29 is 17.9 Å². The highest BCUT2D eigenvalue weighted by Crippen LogP contribution is 2.24. The van der Waals surface area contributed by atoms with Gasteiger partial charge in [0, 0.05) is 32.3 Å². The van der Waals surface area contributed by atoms with E-state index in [1.807, 2.05) is 6.92 Å². The molecule has 0 saturated carbocycles. The van der Waals surface area contributed by atoms with Crippen LogP contribution in [0.1, 0.15) is 19.4 Å². The van der Waals surface area contributed by atoms with E-state index in [0.717, 1.165) is 0 Å². The van der Waals surface area contributed by atoms with Crippen molar-refractivity contribution in [3.63, 3.8) is 0 Å². The van der Waals surface area contributed by atoms with E-state index in [1.54, 1.807) is 26.2 Å². The molecule has 1 aromatic carbocycles. The quantitative estimate of drug-likeness (QED) is 0.779. The van der Waals surface area contributed by atoms with Crippen LogP contribution in [0.15, 0.2) is 23.1 Å². The third-order valence-corrected chi connectivity index (χ3v) is 5.23. The van der Waals surface area contributed by atoms with E-state index in [2.05, 4.69) is 0 Å². The van der Waals surface area contributed by atoms with E-state index >= 15 is 0 Å². The van der Waals surface area contributed by atoms with Gasteiger partial charge in [0.25, 0.3) is 0 Å². The van der Waals surface area contributed by atoms with Gasteiger partial charge < -0.3 is 15.2 Å². The molecule has 0 radical (unpaired) electrons. The Balaban J connectivity index is 3.14. The van der Waals surface area contributed by atoms with Crippen molar-refractivity contribution in [2.45, 2.75) is 31.3 Å². The average molecular weight is 316 g/mol. The number of nitrogens with zero attached hydrogens (tertiary/aromatic N) is 1. The second-order valence-electron chi connectivity index (χ2n) is 4.73. The summed E-state index contributed by atoms with van der Waals surface area (Å²) < 4.78 is 36.9. The van der Waals surface area contributed by atoms with Gasteiger partial charge in [0.2, 0.25) is 10.0 Å².